The summed E-state index contributed by atoms with van der Waals surface area (Å²) in [7, 11) is 3.96. The largest absolute Gasteiger partial charge is 0.393 e. The Morgan fingerprint density at radius 2 is 2.00 bits per heavy atom. The van der Waals surface area contributed by atoms with Crippen LogP contribution in [0.25, 0.3) is 0 Å². The van der Waals surface area contributed by atoms with Crippen LogP contribution in [-0.2, 0) is 17.6 Å². The van der Waals surface area contributed by atoms with Crippen molar-refractivity contribution in [2.45, 2.75) is 31.8 Å². The Hall–Kier alpha value is -1.69. The number of carbonyl (C=O) groups excluding carboxylic acids is 1. The molecule has 0 unspecified atom stereocenters. The van der Waals surface area contributed by atoms with E-state index in [-0.39, 0.29) is 17.9 Å². The quantitative estimate of drug-likeness (QED) is 0.845. The molecule has 0 atom stereocenters. The molecule has 1 amide bonds. The Balaban J connectivity index is 1.73. The summed E-state index contributed by atoms with van der Waals surface area (Å²) >= 11 is 0. The lowest BCUT2D eigenvalue weighted by atomic mass is 9.81. The molecule has 2 heterocycles. The van der Waals surface area contributed by atoms with Crippen LogP contribution in [-0.4, -0.2) is 59.2 Å². The maximum atomic E-state index is 12.4. The zero-order valence-electron chi connectivity index (χ0n) is 12.6. The van der Waals surface area contributed by atoms with Crippen molar-refractivity contribution in [2.24, 2.45) is 5.92 Å². The number of hydrogen-bond acceptors (Lipinski definition) is 5. The van der Waals surface area contributed by atoms with Gasteiger partial charge in [-0.2, -0.15) is 0 Å². The molecule has 1 saturated carbocycles. The molecule has 0 radical (unpaired) electrons. The molecular formula is C15H22N4O2. The van der Waals surface area contributed by atoms with Gasteiger partial charge < -0.3 is 14.9 Å². The van der Waals surface area contributed by atoms with Gasteiger partial charge in [0.2, 0.25) is 5.91 Å². The van der Waals surface area contributed by atoms with Crippen molar-refractivity contribution in [3.63, 3.8) is 0 Å². The molecule has 1 aliphatic carbocycles. The summed E-state index contributed by atoms with van der Waals surface area (Å²) in [6, 6.07) is 0. The van der Waals surface area contributed by atoms with E-state index in [0.29, 0.717) is 25.9 Å². The van der Waals surface area contributed by atoms with Gasteiger partial charge in [0.1, 0.15) is 12.1 Å². The van der Waals surface area contributed by atoms with E-state index in [1.54, 1.807) is 6.33 Å². The SMILES string of the molecule is CN(C)c1ncnc2c1CCN(C(=O)C1CC(O)C1)CC2. The molecule has 1 aromatic rings. The lowest BCUT2D eigenvalue weighted by Gasteiger charge is -2.34. The normalized spacial score (nSPS) is 24.8. The molecule has 6 heteroatoms. The van der Waals surface area contributed by atoms with E-state index in [0.717, 1.165) is 29.9 Å². The van der Waals surface area contributed by atoms with Crippen molar-refractivity contribution in [1.29, 1.82) is 0 Å². The summed E-state index contributed by atoms with van der Waals surface area (Å²) in [5.41, 5.74) is 2.21. The maximum absolute atomic E-state index is 12.4. The van der Waals surface area contributed by atoms with Gasteiger partial charge in [-0.25, -0.2) is 9.97 Å². The van der Waals surface area contributed by atoms with Gasteiger partial charge in [0.05, 0.1) is 11.8 Å². The highest BCUT2D eigenvalue weighted by atomic mass is 16.3. The lowest BCUT2D eigenvalue weighted by molar-refractivity contribution is -0.142. The summed E-state index contributed by atoms with van der Waals surface area (Å²) in [5, 5.41) is 9.37. The van der Waals surface area contributed by atoms with Gasteiger partial charge in [0, 0.05) is 45.1 Å². The summed E-state index contributed by atoms with van der Waals surface area (Å²) in [6.45, 7) is 1.43. The highest BCUT2D eigenvalue weighted by molar-refractivity contribution is 5.80. The van der Waals surface area contributed by atoms with E-state index in [4.69, 9.17) is 0 Å². The fourth-order valence-electron chi connectivity index (χ4n) is 3.16. The van der Waals surface area contributed by atoms with Crippen molar-refractivity contribution in [3.8, 4) is 0 Å². The minimum Gasteiger partial charge on any atom is -0.393 e. The minimum absolute atomic E-state index is 0.0145. The van der Waals surface area contributed by atoms with Gasteiger partial charge in [-0.05, 0) is 19.3 Å². The Bertz CT molecular complexity index is 540. The monoisotopic (exact) mass is 290 g/mol. The first-order valence-electron chi connectivity index (χ1n) is 7.53. The second-order valence-electron chi connectivity index (χ2n) is 6.16. The molecule has 0 aromatic carbocycles. The number of hydrogen-bond donors (Lipinski definition) is 1. The molecule has 1 aromatic heterocycles. The van der Waals surface area contributed by atoms with E-state index in [9.17, 15) is 9.90 Å². The van der Waals surface area contributed by atoms with Crippen molar-refractivity contribution >= 4 is 11.7 Å². The first-order chi connectivity index (χ1) is 10.1. The second-order valence-corrected chi connectivity index (χ2v) is 6.16. The molecule has 21 heavy (non-hydrogen) atoms. The molecular weight excluding hydrogens is 268 g/mol. The molecule has 6 nitrogen and oxygen atoms in total. The number of anilines is 1. The number of carbonyl (C=O) groups is 1. The summed E-state index contributed by atoms with van der Waals surface area (Å²) in [6.07, 6.45) is 4.13. The third kappa shape index (κ3) is 2.72. The molecule has 3 rings (SSSR count). The van der Waals surface area contributed by atoms with Gasteiger partial charge >= 0.3 is 0 Å². The minimum atomic E-state index is -0.283. The van der Waals surface area contributed by atoms with Crippen LogP contribution in [0.5, 0.6) is 0 Å². The van der Waals surface area contributed by atoms with Crippen molar-refractivity contribution in [3.05, 3.63) is 17.6 Å². The number of aromatic nitrogens is 2. The Kier molecular flexibility index (Phi) is 3.80. The van der Waals surface area contributed by atoms with E-state index in [1.807, 2.05) is 23.9 Å². The van der Waals surface area contributed by atoms with Gasteiger partial charge in [0.15, 0.2) is 0 Å². The standard InChI is InChI=1S/C15H22N4O2/c1-18(2)14-12-3-5-19(6-4-13(12)16-9-17-14)15(21)10-7-11(20)8-10/h9-11,20H,3-8H2,1-2H3. The molecule has 1 fully saturated rings. The summed E-state index contributed by atoms with van der Waals surface area (Å²) in [4.78, 5) is 25.1. The molecule has 1 aliphatic heterocycles. The number of nitrogens with zero attached hydrogens (tertiary/aromatic N) is 4. The molecule has 1 N–H and O–H groups in total. The number of rotatable bonds is 2. The average Bonchev–Trinajstić information content (AvgIpc) is 2.65. The molecule has 0 saturated heterocycles. The summed E-state index contributed by atoms with van der Waals surface area (Å²) < 4.78 is 0. The van der Waals surface area contributed by atoms with Gasteiger partial charge in [-0.15, -0.1) is 0 Å². The van der Waals surface area contributed by atoms with Crippen LogP contribution < -0.4 is 4.90 Å². The summed E-state index contributed by atoms with van der Waals surface area (Å²) in [5.74, 6) is 1.15. The Morgan fingerprint density at radius 3 is 2.67 bits per heavy atom. The zero-order chi connectivity index (χ0) is 15.0. The van der Waals surface area contributed by atoms with Crippen LogP contribution in [0.4, 0.5) is 5.82 Å². The van der Waals surface area contributed by atoms with Crippen LogP contribution in [0.15, 0.2) is 6.33 Å². The van der Waals surface area contributed by atoms with Crippen molar-refractivity contribution in [1.82, 2.24) is 14.9 Å². The van der Waals surface area contributed by atoms with E-state index in [1.165, 1.54) is 0 Å². The average molecular weight is 290 g/mol. The van der Waals surface area contributed by atoms with Crippen LogP contribution in [0.1, 0.15) is 24.1 Å². The third-order valence-electron chi connectivity index (χ3n) is 4.46. The number of aliphatic hydroxyl groups excluding tert-OH is 1. The molecule has 0 bridgehead atoms. The van der Waals surface area contributed by atoms with Gasteiger partial charge in [-0.1, -0.05) is 0 Å². The Labute approximate surface area is 124 Å². The maximum Gasteiger partial charge on any atom is 0.225 e. The first-order valence-corrected chi connectivity index (χ1v) is 7.53. The predicted octanol–water partition coefficient (Wildman–Crippen LogP) is 0.241. The first kappa shape index (κ1) is 14.3. The van der Waals surface area contributed by atoms with E-state index >= 15 is 0 Å². The predicted molar refractivity (Wildman–Crippen MR) is 79.1 cm³/mol. The molecule has 2 aliphatic rings. The fraction of sp³-hybridized carbons (Fsp3) is 0.667. The zero-order valence-corrected chi connectivity index (χ0v) is 12.6. The van der Waals surface area contributed by atoms with Crippen molar-refractivity contribution < 1.29 is 9.90 Å². The highest BCUT2D eigenvalue weighted by Crippen LogP contribution is 2.30. The fourth-order valence-corrected chi connectivity index (χ4v) is 3.16. The number of aliphatic hydroxyl groups is 1. The Morgan fingerprint density at radius 1 is 1.29 bits per heavy atom. The molecule has 0 spiro atoms. The van der Waals surface area contributed by atoms with Crippen molar-refractivity contribution in [2.75, 3.05) is 32.1 Å². The smallest absolute Gasteiger partial charge is 0.225 e. The van der Waals surface area contributed by atoms with E-state index < -0.39 is 0 Å². The third-order valence-corrected chi connectivity index (χ3v) is 4.46. The highest BCUT2D eigenvalue weighted by Gasteiger charge is 2.36. The van der Waals surface area contributed by atoms with Crippen LogP contribution in [0.3, 0.4) is 0 Å². The van der Waals surface area contributed by atoms with E-state index in [2.05, 4.69) is 9.97 Å². The lowest BCUT2D eigenvalue weighted by Crippen LogP contribution is -2.44. The van der Waals surface area contributed by atoms with Crippen LogP contribution in [0.2, 0.25) is 0 Å². The van der Waals surface area contributed by atoms with Crippen LogP contribution in [0, 0.1) is 5.92 Å². The number of fused-ring (bicyclic) bond motifs is 1. The topological polar surface area (TPSA) is 69.6 Å². The number of amides is 1. The van der Waals surface area contributed by atoms with Gasteiger partial charge in [-0.3, -0.25) is 4.79 Å². The van der Waals surface area contributed by atoms with Gasteiger partial charge in [0.25, 0.3) is 0 Å². The second kappa shape index (κ2) is 5.60. The van der Waals surface area contributed by atoms with Crippen LogP contribution >= 0.6 is 0 Å². The molecule has 114 valence electrons.